The van der Waals surface area contributed by atoms with Crippen molar-refractivity contribution < 1.29 is 9.59 Å². The van der Waals surface area contributed by atoms with Crippen molar-refractivity contribution in [3.63, 3.8) is 0 Å². The van der Waals surface area contributed by atoms with E-state index in [1.807, 2.05) is 70.4 Å². The van der Waals surface area contributed by atoms with Crippen LogP contribution in [0.1, 0.15) is 21.6 Å². The number of H-pyrrole nitrogens is 1. The number of hydrogen-bond acceptors (Lipinski definition) is 3. The highest BCUT2D eigenvalue weighted by Crippen LogP contribution is 2.21. The molecule has 0 fully saturated rings. The smallest absolute Gasteiger partial charge is 0.271 e. The lowest BCUT2D eigenvalue weighted by molar-refractivity contribution is -0.120. The molecule has 4 aromatic rings. The minimum absolute atomic E-state index is 0.0315. The van der Waals surface area contributed by atoms with Gasteiger partial charge in [0.15, 0.2) is 0 Å². The van der Waals surface area contributed by atoms with Crippen molar-refractivity contribution >= 4 is 22.7 Å². The highest BCUT2D eigenvalue weighted by atomic mass is 16.2. The Morgan fingerprint density at radius 3 is 2.94 bits per heavy atom. The number of benzene rings is 1. The van der Waals surface area contributed by atoms with E-state index in [1.54, 1.807) is 12.4 Å². The topological polar surface area (TPSA) is 83.0 Å². The van der Waals surface area contributed by atoms with Crippen LogP contribution in [0.4, 0.5) is 0 Å². The molecule has 2 N–H and O–H groups in total. The molecule has 7 heteroatoms. The lowest BCUT2D eigenvalue weighted by Gasteiger charge is -2.36. The quantitative estimate of drug-likeness (QED) is 0.510. The first-order valence-corrected chi connectivity index (χ1v) is 10.4. The number of para-hydroxylation sites is 1. The van der Waals surface area contributed by atoms with Gasteiger partial charge in [-0.25, -0.2) is 0 Å². The number of amides is 2. The molecule has 0 saturated carbocycles. The van der Waals surface area contributed by atoms with Crippen LogP contribution in [0, 0.1) is 0 Å². The van der Waals surface area contributed by atoms with Crippen LogP contribution in [0.25, 0.3) is 10.9 Å². The van der Waals surface area contributed by atoms with Crippen LogP contribution in [0.15, 0.2) is 73.3 Å². The van der Waals surface area contributed by atoms with Gasteiger partial charge in [0, 0.05) is 55.3 Å². The number of hydrogen-bond donors (Lipinski definition) is 2. The summed E-state index contributed by atoms with van der Waals surface area (Å²) in [6, 6.07) is 15.3. The maximum Gasteiger partial charge on any atom is 0.271 e. The Morgan fingerprint density at radius 1 is 1.16 bits per heavy atom. The third kappa shape index (κ3) is 3.82. The maximum absolute atomic E-state index is 13.1. The first-order chi connectivity index (χ1) is 15.2. The summed E-state index contributed by atoms with van der Waals surface area (Å²) in [7, 11) is 0. The Morgan fingerprint density at radius 2 is 2.06 bits per heavy atom. The van der Waals surface area contributed by atoms with E-state index < -0.39 is 0 Å². The van der Waals surface area contributed by atoms with E-state index in [2.05, 4.69) is 15.3 Å². The number of nitrogens with one attached hydrogen (secondary N) is 2. The van der Waals surface area contributed by atoms with Gasteiger partial charge in [-0.1, -0.05) is 24.3 Å². The van der Waals surface area contributed by atoms with E-state index in [4.69, 9.17) is 0 Å². The van der Waals surface area contributed by atoms with Gasteiger partial charge in [0.25, 0.3) is 5.91 Å². The molecule has 1 aliphatic rings. The van der Waals surface area contributed by atoms with Gasteiger partial charge in [0.1, 0.15) is 5.69 Å². The predicted molar refractivity (Wildman–Crippen MR) is 117 cm³/mol. The molecule has 1 aliphatic heterocycles. The van der Waals surface area contributed by atoms with Crippen molar-refractivity contribution in [3.8, 4) is 0 Å². The summed E-state index contributed by atoms with van der Waals surface area (Å²) in [6.45, 7) is 1.49. The molecule has 156 valence electrons. The molecule has 0 aliphatic carbocycles. The average molecular weight is 413 g/mol. The molecule has 2 amide bonds. The minimum Gasteiger partial charge on any atom is -0.361 e. The molecule has 5 rings (SSSR count). The van der Waals surface area contributed by atoms with Gasteiger partial charge in [-0.05, 0) is 35.4 Å². The summed E-state index contributed by atoms with van der Waals surface area (Å²) in [4.78, 5) is 35.0. The van der Waals surface area contributed by atoms with E-state index in [0.29, 0.717) is 31.7 Å². The van der Waals surface area contributed by atoms with Crippen molar-refractivity contribution in [2.45, 2.75) is 25.6 Å². The zero-order chi connectivity index (χ0) is 21.2. The summed E-state index contributed by atoms with van der Waals surface area (Å²) in [5, 5.41) is 4.10. The third-order valence-electron chi connectivity index (χ3n) is 5.79. The second-order valence-electron chi connectivity index (χ2n) is 7.83. The second kappa shape index (κ2) is 8.10. The van der Waals surface area contributed by atoms with E-state index >= 15 is 0 Å². The minimum atomic E-state index is -0.139. The van der Waals surface area contributed by atoms with Gasteiger partial charge in [-0.3, -0.25) is 14.6 Å². The van der Waals surface area contributed by atoms with Gasteiger partial charge in [-0.15, -0.1) is 0 Å². The number of fused-ring (bicyclic) bond motifs is 2. The Kier molecular flexibility index (Phi) is 5.00. The Hall–Kier alpha value is -3.87. The number of aromatic nitrogens is 3. The van der Waals surface area contributed by atoms with Crippen molar-refractivity contribution in [3.05, 3.63) is 90.1 Å². The SMILES string of the molecule is O=C(Cc1c[nH]c2ccccc12)NCC1Cn2cccc2C(=O)N1Cc1cccnc1. The first-order valence-electron chi connectivity index (χ1n) is 10.4. The lowest BCUT2D eigenvalue weighted by Crippen LogP contribution is -2.52. The summed E-state index contributed by atoms with van der Waals surface area (Å²) in [5.41, 5.74) is 3.62. The zero-order valence-corrected chi connectivity index (χ0v) is 17.0. The fraction of sp³-hybridized carbons (Fsp3) is 0.208. The van der Waals surface area contributed by atoms with Crippen molar-refractivity contribution in [1.29, 1.82) is 0 Å². The summed E-state index contributed by atoms with van der Waals surface area (Å²) in [5.74, 6) is -0.0900. The van der Waals surface area contributed by atoms with Gasteiger partial charge < -0.3 is 19.8 Å². The van der Waals surface area contributed by atoms with Gasteiger partial charge in [-0.2, -0.15) is 0 Å². The van der Waals surface area contributed by atoms with Gasteiger partial charge >= 0.3 is 0 Å². The van der Waals surface area contributed by atoms with Crippen LogP contribution in [0.5, 0.6) is 0 Å². The third-order valence-corrected chi connectivity index (χ3v) is 5.79. The van der Waals surface area contributed by atoms with Crippen LogP contribution in [-0.2, 0) is 24.3 Å². The Balaban J connectivity index is 1.30. The van der Waals surface area contributed by atoms with Crippen LogP contribution in [-0.4, -0.2) is 43.8 Å². The van der Waals surface area contributed by atoms with Crippen molar-refractivity contribution in [2.75, 3.05) is 6.54 Å². The lowest BCUT2D eigenvalue weighted by atomic mass is 10.1. The van der Waals surface area contributed by atoms with E-state index in [0.717, 1.165) is 22.0 Å². The first kappa shape index (κ1) is 19.1. The number of pyridine rings is 1. The zero-order valence-electron chi connectivity index (χ0n) is 17.0. The van der Waals surface area contributed by atoms with E-state index in [1.165, 1.54) is 0 Å². The average Bonchev–Trinajstić information content (AvgIpc) is 3.43. The van der Waals surface area contributed by atoms with Crippen LogP contribution in [0.2, 0.25) is 0 Å². The number of aromatic amines is 1. The molecule has 4 heterocycles. The van der Waals surface area contributed by atoms with Gasteiger partial charge in [0.05, 0.1) is 12.5 Å². The second-order valence-corrected chi connectivity index (χ2v) is 7.83. The molecular formula is C24H23N5O2. The van der Waals surface area contributed by atoms with E-state index in [-0.39, 0.29) is 17.9 Å². The Labute approximate surface area is 179 Å². The summed E-state index contributed by atoms with van der Waals surface area (Å²) in [6.07, 6.45) is 7.58. The molecule has 1 unspecified atom stereocenters. The Bertz CT molecular complexity index is 1230. The van der Waals surface area contributed by atoms with Crippen molar-refractivity contribution in [2.24, 2.45) is 0 Å². The monoisotopic (exact) mass is 413 g/mol. The number of nitrogens with zero attached hydrogens (tertiary/aromatic N) is 3. The fourth-order valence-electron chi connectivity index (χ4n) is 4.22. The molecule has 31 heavy (non-hydrogen) atoms. The summed E-state index contributed by atoms with van der Waals surface area (Å²) >= 11 is 0. The summed E-state index contributed by atoms with van der Waals surface area (Å²) < 4.78 is 1.96. The standard InChI is InChI=1S/C24H23N5O2/c30-23(11-18-13-26-21-7-2-1-6-20(18)21)27-14-19-16-28-10-4-8-22(28)24(31)29(19)15-17-5-3-9-25-12-17/h1-10,12-13,19,26H,11,14-16H2,(H,27,30). The number of carbonyl (C=O) groups is 2. The maximum atomic E-state index is 13.1. The largest absolute Gasteiger partial charge is 0.361 e. The molecule has 0 bridgehead atoms. The molecule has 0 radical (unpaired) electrons. The molecule has 0 saturated heterocycles. The van der Waals surface area contributed by atoms with Crippen LogP contribution < -0.4 is 5.32 Å². The highest BCUT2D eigenvalue weighted by Gasteiger charge is 2.32. The number of carbonyl (C=O) groups excluding carboxylic acids is 2. The fourth-order valence-corrected chi connectivity index (χ4v) is 4.22. The highest BCUT2D eigenvalue weighted by molar-refractivity contribution is 5.94. The van der Waals surface area contributed by atoms with Crippen LogP contribution >= 0.6 is 0 Å². The predicted octanol–water partition coefficient (Wildman–Crippen LogP) is 2.75. The molecular weight excluding hydrogens is 390 g/mol. The van der Waals surface area contributed by atoms with Crippen LogP contribution in [0.3, 0.4) is 0 Å². The normalized spacial score (nSPS) is 15.8. The molecule has 7 nitrogen and oxygen atoms in total. The molecule has 0 spiro atoms. The molecule has 1 aromatic carbocycles. The van der Waals surface area contributed by atoms with E-state index in [9.17, 15) is 9.59 Å². The molecule has 3 aromatic heterocycles. The molecule has 1 atom stereocenters. The number of rotatable bonds is 6. The van der Waals surface area contributed by atoms with Crippen molar-refractivity contribution in [1.82, 2.24) is 24.8 Å². The van der Waals surface area contributed by atoms with Gasteiger partial charge in [0.2, 0.25) is 5.91 Å².